The van der Waals surface area contributed by atoms with E-state index in [0.717, 1.165) is 16.7 Å². The topological polar surface area (TPSA) is 87.2 Å². The molecular weight excluding hydrogens is 446 g/mol. The number of fused-ring (bicyclic) bond motifs is 3. The molecule has 35 heavy (non-hydrogen) atoms. The molecule has 2 aromatic rings. The van der Waals surface area contributed by atoms with Gasteiger partial charge < -0.3 is 14.5 Å². The minimum atomic E-state index is -1.61. The third kappa shape index (κ3) is 4.07. The molecule has 2 heterocycles. The van der Waals surface area contributed by atoms with E-state index in [-0.39, 0.29) is 36.6 Å². The highest BCUT2D eigenvalue weighted by Gasteiger charge is 2.62. The van der Waals surface area contributed by atoms with E-state index < -0.39 is 18.2 Å². The first kappa shape index (κ1) is 24.4. The van der Waals surface area contributed by atoms with Crippen molar-refractivity contribution in [3.05, 3.63) is 64.7 Å². The summed E-state index contributed by atoms with van der Waals surface area (Å²) in [5, 5.41) is 0. The van der Waals surface area contributed by atoms with Gasteiger partial charge in [-0.3, -0.25) is 19.3 Å². The molecule has 4 rings (SSSR count). The first-order chi connectivity index (χ1) is 16.6. The molecule has 8 nitrogen and oxygen atoms in total. The van der Waals surface area contributed by atoms with Crippen molar-refractivity contribution in [2.45, 2.75) is 58.8 Å². The van der Waals surface area contributed by atoms with Crippen LogP contribution in [0.2, 0.25) is 0 Å². The van der Waals surface area contributed by atoms with Gasteiger partial charge in [0.2, 0.25) is 11.6 Å². The van der Waals surface area contributed by atoms with E-state index in [1.165, 1.54) is 14.7 Å². The van der Waals surface area contributed by atoms with Gasteiger partial charge in [-0.2, -0.15) is 0 Å². The van der Waals surface area contributed by atoms with Gasteiger partial charge in [-0.15, -0.1) is 0 Å². The Kier molecular flexibility index (Phi) is 6.40. The van der Waals surface area contributed by atoms with E-state index in [0.29, 0.717) is 17.8 Å². The second kappa shape index (κ2) is 9.17. The van der Waals surface area contributed by atoms with Crippen LogP contribution in [-0.4, -0.2) is 58.8 Å². The van der Waals surface area contributed by atoms with Crippen LogP contribution < -0.4 is 4.90 Å². The molecule has 1 fully saturated rings. The van der Waals surface area contributed by atoms with Gasteiger partial charge in [-0.05, 0) is 51.0 Å². The fraction of sp³-hybridized carbons (Fsp3) is 0.407. The first-order valence-corrected chi connectivity index (χ1v) is 11.8. The number of anilines is 1. The Balaban J connectivity index is 1.57. The number of likely N-dealkylation sites (N-methyl/N-ethyl adjacent to an activating group) is 1. The molecule has 8 heteroatoms. The summed E-state index contributed by atoms with van der Waals surface area (Å²) in [6.45, 7) is 7.49. The van der Waals surface area contributed by atoms with E-state index in [4.69, 9.17) is 4.74 Å². The van der Waals surface area contributed by atoms with Crippen LogP contribution in [0.3, 0.4) is 0 Å². The molecule has 0 spiro atoms. The number of aryl methyl sites for hydroxylation is 2. The van der Waals surface area contributed by atoms with Gasteiger partial charge in [-0.1, -0.05) is 35.9 Å². The van der Waals surface area contributed by atoms with Crippen molar-refractivity contribution < 1.29 is 23.9 Å². The van der Waals surface area contributed by atoms with Crippen molar-refractivity contribution >= 4 is 29.4 Å². The highest BCUT2D eigenvalue weighted by molar-refractivity contribution is 6.15. The fourth-order valence-electron chi connectivity index (χ4n) is 5.09. The standard InChI is InChI=1S/C27H31N3O5/c1-17(2)29-25(33)21-8-6-7-9-22(21)30-23(31)12-13-27(29,30)26(34)35-16-24(32)28(5)15-20-11-10-18(3)14-19(20)4/h6-11,14,17H,12-13,15-16H2,1-5H3. The third-order valence-electron chi connectivity index (χ3n) is 6.80. The molecule has 1 unspecified atom stereocenters. The van der Waals surface area contributed by atoms with Gasteiger partial charge >= 0.3 is 5.97 Å². The van der Waals surface area contributed by atoms with Gasteiger partial charge in [0.1, 0.15) is 0 Å². The number of nitrogens with zero attached hydrogens (tertiary/aromatic N) is 3. The first-order valence-electron chi connectivity index (χ1n) is 11.8. The number of para-hydroxylation sites is 1. The van der Waals surface area contributed by atoms with Crippen molar-refractivity contribution in [3.63, 3.8) is 0 Å². The maximum Gasteiger partial charge on any atom is 0.354 e. The number of hydrogen-bond donors (Lipinski definition) is 0. The highest BCUT2D eigenvalue weighted by Crippen LogP contribution is 2.45. The van der Waals surface area contributed by atoms with Gasteiger partial charge in [0, 0.05) is 32.5 Å². The monoisotopic (exact) mass is 477 g/mol. The molecular formula is C27H31N3O5. The van der Waals surface area contributed by atoms with Crippen molar-refractivity contribution in [2.75, 3.05) is 18.6 Å². The van der Waals surface area contributed by atoms with Gasteiger partial charge in [0.15, 0.2) is 6.61 Å². The summed E-state index contributed by atoms with van der Waals surface area (Å²) in [6, 6.07) is 12.4. The number of carbonyl (C=O) groups is 4. The van der Waals surface area contributed by atoms with Gasteiger partial charge in [-0.25, -0.2) is 4.79 Å². The largest absolute Gasteiger partial charge is 0.452 e. The van der Waals surface area contributed by atoms with Crippen molar-refractivity contribution in [1.82, 2.24) is 9.80 Å². The molecule has 2 aliphatic heterocycles. The predicted octanol–water partition coefficient (Wildman–Crippen LogP) is 3.19. The average Bonchev–Trinajstić information content (AvgIpc) is 3.16. The number of ether oxygens (including phenoxy) is 1. The maximum atomic E-state index is 13.6. The Bertz CT molecular complexity index is 1210. The zero-order valence-electron chi connectivity index (χ0n) is 20.8. The summed E-state index contributed by atoms with van der Waals surface area (Å²) in [6.07, 6.45) is 0.204. The van der Waals surface area contributed by atoms with Crippen LogP contribution >= 0.6 is 0 Å². The molecule has 1 saturated heterocycles. The lowest BCUT2D eigenvalue weighted by atomic mass is 9.95. The number of carbonyl (C=O) groups excluding carboxylic acids is 4. The molecule has 0 saturated carbocycles. The van der Waals surface area contributed by atoms with Crippen LogP contribution in [0.15, 0.2) is 42.5 Å². The summed E-state index contributed by atoms with van der Waals surface area (Å²) in [7, 11) is 1.65. The van der Waals surface area contributed by atoms with Crippen LogP contribution in [0.4, 0.5) is 5.69 Å². The van der Waals surface area contributed by atoms with Crippen LogP contribution in [0.5, 0.6) is 0 Å². The Morgan fingerprint density at radius 3 is 2.51 bits per heavy atom. The number of amides is 3. The summed E-state index contributed by atoms with van der Waals surface area (Å²) < 4.78 is 5.53. The zero-order chi connectivity index (χ0) is 25.5. The predicted molar refractivity (Wildman–Crippen MR) is 131 cm³/mol. The Labute approximate surface area is 205 Å². The maximum absolute atomic E-state index is 13.6. The highest BCUT2D eigenvalue weighted by atomic mass is 16.5. The smallest absolute Gasteiger partial charge is 0.354 e. The van der Waals surface area contributed by atoms with E-state index in [9.17, 15) is 19.2 Å². The molecule has 2 aromatic carbocycles. The Morgan fingerprint density at radius 1 is 1.11 bits per heavy atom. The minimum absolute atomic E-state index is 0.0977. The van der Waals surface area contributed by atoms with Gasteiger partial charge in [0.05, 0.1) is 11.3 Å². The van der Waals surface area contributed by atoms with E-state index >= 15 is 0 Å². The lowest BCUT2D eigenvalue weighted by Crippen LogP contribution is -2.70. The van der Waals surface area contributed by atoms with Crippen molar-refractivity contribution in [2.24, 2.45) is 0 Å². The number of hydrogen-bond acceptors (Lipinski definition) is 5. The van der Waals surface area contributed by atoms with Crippen molar-refractivity contribution in [1.29, 1.82) is 0 Å². The summed E-state index contributed by atoms with van der Waals surface area (Å²) >= 11 is 0. The molecule has 0 aromatic heterocycles. The zero-order valence-corrected chi connectivity index (χ0v) is 20.8. The normalized spacial score (nSPS) is 19.0. The third-order valence-corrected chi connectivity index (χ3v) is 6.80. The van der Waals surface area contributed by atoms with E-state index in [1.54, 1.807) is 45.2 Å². The lowest BCUT2D eigenvalue weighted by Gasteiger charge is -2.50. The van der Waals surface area contributed by atoms with Crippen LogP contribution in [0, 0.1) is 13.8 Å². The minimum Gasteiger partial charge on any atom is -0.452 e. The molecule has 0 bridgehead atoms. The number of rotatable bonds is 6. The molecule has 0 N–H and O–H groups in total. The van der Waals surface area contributed by atoms with Crippen LogP contribution in [0.1, 0.15) is 53.7 Å². The second-order valence-corrected chi connectivity index (χ2v) is 9.59. The second-order valence-electron chi connectivity index (χ2n) is 9.59. The summed E-state index contributed by atoms with van der Waals surface area (Å²) in [4.78, 5) is 57.1. The van der Waals surface area contributed by atoms with E-state index in [1.807, 2.05) is 26.0 Å². The average molecular weight is 478 g/mol. The van der Waals surface area contributed by atoms with E-state index in [2.05, 4.69) is 6.07 Å². The fourth-order valence-corrected chi connectivity index (χ4v) is 5.09. The molecule has 2 aliphatic rings. The molecule has 1 atom stereocenters. The molecule has 0 radical (unpaired) electrons. The Hall–Kier alpha value is -3.68. The number of benzene rings is 2. The lowest BCUT2D eigenvalue weighted by molar-refractivity contribution is -0.162. The molecule has 184 valence electrons. The van der Waals surface area contributed by atoms with Crippen LogP contribution in [0.25, 0.3) is 0 Å². The Morgan fingerprint density at radius 2 is 1.83 bits per heavy atom. The van der Waals surface area contributed by atoms with Gasteiger partial charge in [0.25, 0.3) is 11.8 Å². The molecule has 0 aliphatic carbocycles. The number of esters is 1. The van der Waals surface area contributed by atoms with Crippen LogP contribution in [-0.2, 0) is 25.7 Å². The summed E-state index contributed by atoms with van der Waals surface area (Å²) in [5.41, 5.74) is 2.37. The summed E-state index contributed by atoms with van der Waals surface area (Å²) in [5.74, 6) is -1.74. The SMILES string of the molecule is Cc1ccc(CN(C)C(=O)COC(=O)C23CCC(=O)N2c2ccccc2C(=O)N3C(C)C)c(C)c1. The quantitative estimate of drug-likeness (QED) is 0.597. The molecule has 3 amide bonds. The van der Waals surface area contributed by atoms with Crippen molar-refractivity contribution in [3.8, 4) is 0 Å².